The number of nitrogens with two attached hydrogens (primary N) is 1. The first-order valence-electron chi connectivity index (χ1n) is 5.14. The van der Waals surface area contributed by atoms with E-state index in [9.17, 15) is 10.1 Å². The number of nitrogen functional groups attached to an aromatic ring is 1. The number of aromatic hydroxyl groups is 4. The first-order chi connectivity index (χ1) is 9.70. The molecule has 0 radical (unpaired) electrons. The van der Waals surface area contributed by atoms with Crippen molar-refractivity contribution in [1.29, 1.82) is 0 Å². The molecule has 2 heterocycles. The molecule has 2 aromatic rings. The van der Waals surface area contributed by atoms with E-state index in [2.05, 4.69) is 19.9 Å². The Balaban J connectivity index is 0.000000219. The van der Waals surface area contributed by atoms with E-state index in [1.165, 1.54) is 6.92 Å². The Kier molecular flexibility index (Phi) is 4.56. The van der Waals surface area contributed by atoms with Crippen LogP contribution in [-0.4, -0.2) is 45.3 Å². The molecule has 0 spiro atoms. The summed E-state index contributed by atoms with van der Waals surface area (Å²) in [5.41, 5.74) is 4.42. The maximum absolute atomic E-state index is 10.2. The second-order valence-corrected chi connectivity index (χ2v) is 3.49. The van der Waals surface area contributed by atoms with Crippen LogP contribution < -0.4 is 5.73 Å². The molecule has 0 saturated heterocycles. The Bertz CT molecular complexity index is 604. The lowest BCUT2D eigenvalue weighted by Gasteiger charge is -1.97. The van der Waals surface area contributed by atoms with E-state index in [0.29, 0.717) is 0 Å². The Morgan fingerprint density at radius 1 is 1.10 bits per heavy atom. The average molecular weight is 298 g/mol. The van der Waals surface area contributed by atoms with Gasteiger partial charge >= 0.3 is 17.7 Å². The normalized spacial score (nSPS) is 9.57. The third-order valence-electron chi connectivity index (χ3n) is 1.93. The fraction of sp³-hybridized carbons (Fsp3) is 0.111. The summed E-state index contributed by atoms with van der Waals surface area (Å²) in [4.78, 5) is 22.2. The van der Waals surface area contributed by atoms with Gasteiger partial charge in [0.15, 0.2) is 0 Å². The summed E-state index contributed by atoms with van der Waals surface area (Å²) < 4.78 is 0. The minimum absolute atomic E-state index is 0.0417. The molecule has 0 amide bonds. The van der Waals surface area contributed by atoms with E-state index < -0.39 is 28.5 Å². The van der Waals surface area contributed by atoms with Crippen molar-refractivity contribution in [3.63, 3.8) is 0 Å². The summed E-state index contributed by atoms with van der Waals surface area (Å²) in [6.07, 6.45) is 0. The summed E-state index contributed by atoms with van der Waals surface area (Å²) in [5, 5.41) is 45.0. The van der Waals surface area contributed by atoms with E-state index in [-0.39, 0.29) is 17.4 Å². The quantitative estimate of drug-likeness (QED) is 0.337. The van der Waals surface area contributed by atoms with Crippen LogP contribution in [0, 0.1) is 17.0 Å². The summed E-state index contributed by atoms with van der Waals surface area (Å²) in [6, 6.07) is -0.0669. The highest BCUT2D eigenvalue weighted by atomic mass is 16.6. The summed E-state index contributed by atoms with van der Waals surface area (Å²) in [5.74, 6) is -1.12. The predicted molar refractivity (Wildman–Crippen MR) is 66.5 cm³/mol. The standard InChI is InChI=1S/C5H5N3O4.C4H5N3O2/c1-2-3(8(11)12)4(9)7-5(10)6-2;5-2-1-3(8)7-4(9)6-2/h1H3,(H2,6,7,9,10);1H,(H4,5,6,7,8,9). The number of aryl methyl sites for hydroxylation is 1. The van der Waals surface area contributed by atoms with Gasteiger partial charge in [0, 0.05) is 6.07 Å². The van der Waals surface area contributed by atoms with Crippen molar-refractivity contribution in [3.8, 4) is 23.8 Å². The number of hydrogen-bond acceptors (Lipinski definition) is 11. The Morgan fingerprint density at radius 2 is 1.67 bits per heavy atom. The largest absolute Gasteiger partial charge is 0.493 e. The molecule has 2 aromatic heterocycles. The van der Waals surface area contributed by atoms with Gasteiger partial charge in [-0.05, 0) is 6.92 Å². The molecule has 21 heavy (non-hydrogen) atoms. The molecule has 0 fully saturated rings. The lowest BCUT2D eigenvalue weighted by molar-refractivity contribution is -0.387. The van der Waals surface area contributed by atoms with E-state index in [0.717, 1.165) is 6.07 Å². The number of nitrogens with zero attached hydrogens (tertiary/aromatic N) is 5. The molecule has 2 rings (SSSR count). The summed E-state index contributed by atoms with van der Waals surface area (Å²) in [7, 11) is 0. The molecule has 6 N–H and O–H groups in total. The Labute approximate surface area is 116 Å². The van der Waals surface area contributed by atoms with Gasteiger partial charge in [0.05, 0.1) is 4.92 Å². The highest BCUT2D eigenvalue weighted by Crippen LogP contribution is 2.26. The molecule has 0 bridgehead atoms. The molecule has 0 aliphatic rings. The van der Waals surface area contributed by atoms with Crippen LogP contribution in [0.4, 0.5) is 11.5 Å². The van der Waals surface area contributed by atoms with Crippen molar-refractivity contribution >= 4 is 11.5 Å². The van der Waals surface area contributed by atoms with Crippen LogP contribution in [0.25, 0.3) is 0 Å². The molecule has 12 nitrogen and oxygen atoms in total. The molecule has 12 heteroatoms. The van der Waals surface area contributed by atoms with Crippen LogP contribution in [0.2, 0.25) is 0 Å². The van der Waals surface area contributed by atoms with E-state index in [4.69, 9.17) is 26.2 Å². The third kappa shape index (κ3) is 4.30. The monoisotopic (exact) mass is 298 g/mol. The van der Waals surface area contributed by atoms with Crippen molar-refractivity contribution in [1.82, 2.24) is 19.9 Å². The highest BCUT2D eigenvalue weighted by Gasteiger charge is 2.20. The van der Waals surface area contributed by atoms with Crippen molar-refractivity contribution in [2.45, 2.75) is 6.92 Å². The van der Waals surface area contributed by atoms with Crippen molar-refractivity contribution in [2.75, 3.05) is 5.73 Å². The van der Waals surface area contributed by atoms with Crippen molar-refractivity contribution in [2.24, 2.45) is 0 Å². The first kappa shape index (κ1) is 15.6. The van der Waals surface area contributed by atoms with Crippen molar-refractivity contribution < 1.29 is 25.3 Å². The predicted octanol–water partition coefficient (Wildman–Crippen LogP) is -0.426. The lowest BCUT2D eigenvalue weighted by atomic mass is 10.4. The van der Waals surface area contributed by atoms with Gasteiger partial charge in [0.2, 0.25) is 5.88 Å². The van der Waals surface area contributed by atoms with Gasteiger partial charge < -0.3 is 26.2 Å². The molecule has 0 atom stereocenters. The molecular formula is C9H10N6O6. The van der Waals surface area contributed by atoms with Crippen LogP contribution in [0.5, 0.6) is 23.8 Å². The second-order valence-electron chi connectivity index (χ2n) is 3.49. The summed E-state index contributed by atoms with van der Waals surface area (Å²) in [6.45, 7) is 1.29. The zero-order valence-corrected chi connectivity index (χ0v) is 10.5. The van der Waals surface area contributed by atoms with Crippen LogP contribution in [0.1, 0.15) is 5.69 Å². The number of rotatable bonds is 1. The third-order valence-corrected chi connectivity index (χ3v) is 1.93. The molecule has 0 aliphatic carbocycles. The first-order valence-corrected chi connectivity index (χ1v) is 5.14. The number of nitro groups is 1. The Hall–Kier alpha value is -3.44. The molecule has 0 saturated carbocycles. The van der Waals surface area contributed by atoms with Gasteiger partial charge in [-0.15, -0.1) is 0 Å². The van der Waals surface area contributed by atoms with Gasteiger partial charge in [0.25, 0.3) is 5.88 Å². The van der Waals surface area contributed by atoms with Crippen molar-refractivity contribution in [3.05, 3.63) is 21.9 Å². The zero-order chi connectivity index (χ0) is 16.2. The molecule has 0 unspecified atom stereocenters. The van der Waals surface area contributed by atoms with E-state index >= 15 is 0 Å². The number of hydrogen-bond donors (Lipinski definition) is 5. The van der Waals surface area contributed by atoms with Gasteiger partial charge in [0.1, 0.15) is 11.5 Å². The van der Waals surface area contributed by atoms with Gasteiger partial charge in [-0.2, -0.15) is 19.9 Å². The van der Waals surface area contributed by atoms with Gasteiger partial charge in [-0.3, -0.25) is 10.1 Å². The molecule has 0 aromatic carbocycles. The van der Waals surface area contributed by atoms with Gasteiger partial charge in [-0.1, -0.05) is 0 Å². The number of anilines is 1. The maximum atomic E-state index is 10.2. The highest BCUT2D eigenvalue weighted by molar-refractivity contribution is 5.44. The van der Waals surface area contributed by atoms with Gasteiger partial charge in [-0.25, -0.2) is 0 Å². The van der Waals surface area contributed by atoms with E-state index in [1.54, 1.807) is 0 Å². The molecule has 112 valence electrons. The fourth-order valence-electron chi connectivity index (χ4n) is 1.19. The summed E-state index contributed by atoms with van der Waals surface area (Å²) >= 11 is 0. The molecule has 0 aliphatic heterocycles. The number of aromatic nitrogens is 4. The van der Waals surface area contributed by atoms with Crippen LogP contribution in [0.3, 0.4) is 0 Å². The zero-order valence-electron chi connectivity index (χ0n) is 10.5. The second kappa shape index (κ2) is 6.14. The van der Waals surface area contributed by atoms with Crippen LogP contribution in [0.15, 0.2) is 6.07 Å². The molecular weight excluding hydrogens is 288 g/mol. The smallest absolute Gasteiger partial charge is 0.351 e. The van der Waals surface area contributed by atoms with Crippen LogP contribution in [-0.2, 0) is 0 Å². The minimum Gasteiger partial charge on any atom is -0.493 e. The van der Waals surface area contributed by atoms with Crippen LogP contribution >= 0.6 is 0 Å². The fourth-order valence-corrected chi connectivity index (χ4v) is 1.19. The Morgan fingerprint density at radius 3 is 2.10 bits per heavy atom. The topological polar surface area (TPSA) is 202 Å². The average Bonchev–Trinajstić information content (AvgIpc) is 2.24. The lowest BCUT2D eigenvalue weighted by Crippen LogP contribution is -1.96. The minimum atomic E-state index is -0.829. The maximum Gasteiger partial charge on any atom is 0.351 e. The van der Waals surface area contributed by atoms with E-state index in [1.807, 2.05) is 0 Å². The SMILES string of the molecule is Cc1nc(O)nc(O)c1[N+](=O)[O-].Nc1cc(O)nc(O)n1.